The average Bonchev–Trinajstić information content (AvgIpc) is 2.67. The highest BCUT2D eigenvalue weighted by molar-refractivity contribution is 9.11. The van der Waals surface area contributed by atoms with Crippen LogP contribution in [0.1, 0.15) is 35.5 Å². The van der Waals surface area contributed by atoms with Crippen molar-refractivity contribution in [3.05, 3.63) is 20.3 Å². The van der Waals surface area contributed by atoms with Gasteiger partial charge in [0.05, 0.1) is 8.66 Å². The minimum Gasteiger partial charge on any atom is -0.347 e. The van der Waals surface area contributed by atoms with E-state index in [4.69, 9.17) is 0 Å². The van der Waals surface area contributed by atoms with Crippen LogP contribution in [0, 0.1) is 12.8 Å². The Hall–Kier alpha value is -0.880. The topological polar surface area (TPSA) is 49.4 Å². The molecule has 0 aliphatic heterocycles. The van der Waals surface area contributed by atoms with Gasteiger partial charge in [0, 0.05) is 14.1 Å². The number of likely N-dealkylation sites (N-methyl/N-ethyl adjacent to an activating group) is 1. The van der Waals surface area contributed by atoms with E-state index in [1.54, 1.807) is 14.1 Å². The van der Waals surface area contributed by atoms with Gasteiger partial charge in [-0.2, -0.15) is 0 Å². The highest BCUT2D eigenvalue weighted by Gasteiger charge is 2.24. The number of hydrogen-bond acceptors (Lipinski definition) is 3. The molecule has 1 atom stereocenters. The molecule has 20 heavy (non-hydrogen) atoms. The summed E-state index contributed by atoms with van der Waals surface area (Å²) in [5.41, 5.74) is 1.03. The van der Waals surface area contributed by atoms with Crippen LogP contribution in [0.5, 0.6) is 0 Å². The van der Waals surface area contributed by atoms with Crippen molar-refractivity contribution < 1.29 is 9.59 Å². The van der Waals surface area contributed by atoms with Gasteiger partial charge in [0.15, 0.2) is 0 Å². The highest BCUT2D eigenvalue weighted by Crippen LogP contribution is 2.27. The first-order valence-corrected chi connectivity index (χ1v) is 8.11. The van der Waals surface area contributed by atoms with Crippen molar-refractivity contribution >= 4 is 39.1 Å². The van der Waals surface area contributed by atoms with Crippen LogP contribution in [0.15, 0.2) is 9.85 Å². The van der Waals surface area contributed by atoms with Gasteiger partial charge >= 0.3 is 0 Å². The van der Waals surface area contributed by atoms with Crippen LogP contribution in [0.4, 0.5) is 0 Å². The molecule has 0 saturated heterocycles. The molecule has 1 rings (SSSR count). The molecule has 0 aromatic carbocycles. The number of nitrogens with one attached hydrogen (secondary N) is 1. The second kappa shape index (κ2) is 7.22. The summed E-state index contributed by atoms with van der Waals surface area (Å²) in [5, 5.41) is 2.85. The van der Waals surface area contributed by atoms with Gasteiger partial charge in [0.1, 0.15) is 6.04 Å². The van der Waals surface area contributed by atoms with E-state index in [-0.39, 0.29) is 11.8 Å². The molecule has 0 aliphatic carbocycles. The van der Waals surface area contributed by atoms with Crippen molar-refractivity contribution in [2.24, 2.45) is 5.92 Å². The summed E-state index contributed by atoms with van der Waals surface area (Å²) in [6.45, 7) is 6.01. The standard InChI is InChI=1S/C14H21BrN2O2S/c1-8(2)6-10(14(19)17(4)5)16-13(18)11-7-9(3)12(15)20-11/h7-8,10H,6H2,1-5H3,(H,16,18). The number of carbonyl (C=O) groups is 2. The van der Waals surface area contributed by atoms with Crippen LogP contribution in [-0.4, -0.2) is 36.9 Å². The quantitative estimate of drug-likeness (QED) is 0.876. The smallest absolute Gasteiger partial charge is 0.262 e. The van der Waals surface area contributed by atoms with E-state index in [0.29, 0.717) is 17.2 Å². The summed E-state index contributed by atoms with van der Waals surface area (Å²) in [6.07, 6.45) is 0.633. The van der Waals surface area contributed by atoms with Crippen LogP contribution in [0.2, 0.25) is 0 Å². The molecule has 0 fully saturated rings. The van der Waals surface area contributed by atoms with Crippen molar-refractivity contribution in [1.29, 1.82) is 0 Å². The maximum atomic E-state index is 12.2. The van der Waals surface area contributed by atoms with E-state index in [1.165, 1.54) is 16.2 Å². The lowest BCUT2D eigenvalue weighted by atomic mass is 10.0. The van der Waals surface area contributed by atoms with Crippen LogP contribution < -0.4 is 5.32 Å². The molecule has 4 nitrogen and oxygen atoms in total. The maximum absolute atomic E-state index is 12.2. The molecule has 1 aromatic heterocycles. The van der Waals surface area contributed by atoms with E-state index < -0.39 is 6.04 Å². The summed E-state index contributed by atoms with van der Waals surface area (Å²) >= 11 is 4.79. The van der Waals surface area contributed by atoms with Gasteiger partial charge in [-0.3, -0.25) is 9.59 Å². The molecule has 112 valence electrons. The van der Waals surface area contributed by atoms with Gasteiger partial charge in [0.2, 0.25) is 5.91 Å². The Morgan fingerprint density at radius 2 is 2.00 bits per heavy atom. The Labute approximate surface area is 132 Å². The number of rotatable bonds is 5. The van der Waals surface area contributed by atoms with Crippen molar-refractivity contribution in [3.8, 4) is 0 Å². The fourth-order valence-electron chi connectivity index (χ4n) is 1.81. The zero-order valence-electron chi connectivity index (χ0n) is 12.5. The first-order valence-electron chi connectivity index (χ1n) is 6.50. The Kier molecular flexibility index (Phi) is 6.20. The molecule has 1 heterocycles. The lowest BCUT2D eigenvalue weighted by Crippen LogP contribution is -2.46. The number of thiophene rings is 1. The lowest BCUT2D eigenvalue weighted by Gasteiger charge is -2.22. The lowest BCUT2D eigenvalue weighted by molar-refractivity contribution is -0.131. The fourth-order valence-corrected chi connectivity index (χ4v) is 3.24. The monoisotopic (exact) mass is 360 g/mol. The minimum atomic E-state index is -0.473. The number of amides is 2. The van der Waals surface area contributed by atoms with Gasteiger partial charge in [-0.15, -0.1) is 11.3 Å². The Bertz CT molecular complexity index is 478. The molecule has 1 aromatic rings. The van der Waals surface area contributed by atoms with Crippen LogP contribution in [-0.2, 0) is 4.79 Å². The number of aryl methyl sites for hydroxylation is 1. The number of halogens is 1. The fraction of sp³-hybridized carbons (Fsp3) is 0.571. The van der Waals surface area contributed by atoms with Gasteiger partial charge in [-0.05, 0) is 46.8 Å². The van der Waals surface area contributed by atoms with Gasteiger partial charge in [0.25, 0.3) is 5.91 Å². The molecule has 0 aliphatic rings. The SMILES string of the molecule is Cc1cc(C(=O)NC(CC(C)C)C(=O)N(C)C)sc1Br. The van der Waals surface area contributed by atoms with Crippen LogP contribution in [0.25, 0.3) is 0 Å². The van der Waals surface area contributed by atoms with Gasteiger partial charge in [-0.1, -0.05) is 13.8 Å². The van der Waals surface area contributed by atoms with Crippen molar-refractivity contribution in [2.75, 3.05) is 14.1 Å². The number of nitrogens with zero attached hydrogens (tertiary/aromatic N) is 1. The Morgan fingerprint density at radius 3 is 2.40 bits per heavy atom. The molecule has 6 heteroatoms. The molecular formula is C14H21BrN2O2S. The predicted molar refractivity (Wildman–Crippen MR) is 86.2 cm³/mol. The van der Waals surface area contributed by atoms with Crippen molar-refractivity contribution in [2.45, 2.75) is 33.2 Å². The van der Waals surface area contributed by atoms with E-state index in [2.05, 4.69) is 21.2 Å². The summed E-state index contributed by atoms with van der Waals surface area (Å²) in [7, 11) is 3.40. The molecule has 0 spiro atoms. The summed E-state index contributed by atoms with van der Waals surface area (Å²) in [6, 6.07) is 1.36. The summed E-state index contributed by atoms with van der Waals surface area (Å²) < 4.78 is 0.946. The van der Waals surface area contributed by atoms with Crippen LogP contribution in [0.3, 0.4) is 0 Å². The molecule has 1 unspecified atom stereocenters. The molecule has 2 amide bonds. The number of carbonyl (C=O) groups excluding carboxylic acids is 2. The van der Waals surface area contributed by atoms with E-state index in [1.807, 2.05) is 26.8 Å². The number of hydrogen-bond donors (Lipinski definition) is 1. The largest absolute Gasteiger partial charge is 0.347 e. The molecular weight excluding hydrogens is 340 g/mol. The maximum Gasteiger partial charge on any atom is 0.262 e. The molecule has 1 N–H and O–H groups in total. The van der Waals surface area contributed by atoms with Crippen molar-refractivity contribution in [1.82, 2.24) is 10.2 Å². The van der Waals surface area contributed by atoms with E-state index in [9.17, 15) is 9.59 Å². The summed E-state index contributed by atoms with van der Waals surface area (Å²) in [4.78, 5) is 26.5. The highest BCUT2D eigenvalue weighted by atomic mass is 79.9. The Morgan fingerprint density at radius 1 is 1.40 bits per heavy atom. The summed E-state index contributed by atoms with van der Waals surface area (Å²) in [5.74, 6) is 0.0741. The molecule has 0 radical (unpaired) electrons. The van der Waals surface area contributed by atoms with Gasteiger partial charge in [-0.25, -0.2) is 0 Å². The van der Waals surface area contributed by atoms with E-state index >= 15 is 0 Å². The zero-order chi connectivity index (χ0) is 15.4. The Balaban J connectivity index is 2.83. The normalized spacial score (nSPS) is 12.3. The average molecular weight is 361 g/mol. The van der Waals surface area contributed by atoms with Crippen molar-refractivity contribution in [3.63, 3.8) is 0 Å². The molecule has 0 bridgehead atoms. The van der Waals surface area contributed by atoms with E-state index in [0.717, 1.165) is 9.35 Å². The third kappa shape index (κ3) is 4.59. The zero-order valence-corrected chi connectivity index (χ0v) is 14.9. The first-order chi connectivity index (χ1) is 9.22. The molecule has 0 saturated carbocycles. The minimum absolute atomic E-state index is 0.0700. The second-order valence-electron chi connectivity index (χ2n) is 5.46. The second-order valence-corrected chi connectivity index (χ2v) is 7.83. The third-order valence-corrected chi connectivity index (χ3v) is 4.97. The third-order valence-electron chi connectivity index (χ3n) is 2.83. The van der Waals surface area contributed by atoms with Crippen LogP contribution >= 0.6 is 27.3 Å². The van der Waals surface area contributed by atoms with Gasteiger partial charge < -0.3 is 10.2 Å². The first kappa shape index (κ1) is 17.2. The predicted octanol–water partition coefficient (Wildman–Crippen LogP) is 3.05.